The third-order valence-corrected chi connectivity index (χ3v) is 3.14. The lowest BCUT2D eigenvalue weighted by Crippen LogP contribution is -2.18. The molecule has 0 atom stereocenters. The van der Waals surface area contributed by atoms with Crippen LogP contribution in [0.15, 0.2) is 29.8 Å². The summed E-state index contributed by atoms with van der Waals surface area (Å²) in [6, 6.07) is 8.79. The van der Waals surface area contributed by atoms with E-state index in [1.807, 2.05) is 12.1 Å². The molecule has 0 aromatic heterocycles. The maximum absolute atomic E-state index is 5.86. The second kappa shape index (κ2) is 5.51. The van der Waals surface area contributed by atoms with Crippen molar-refractivity contribution < 1.29 is 0 Å². The van der Waals surface area contributed by atoms with Crippen molar-refractivity contribution in [1.82, 2.24) is 5.32 Å². The summed E-state index contributed by atoms with van der Waals surface area (Å²) < 4.78 is 0. The Morgan fingerprint density at radius 1 is 1.38 bits per heavy atom. The Hall–Kier alpha value is -0.790. The highest BCUT2D eigenvalue weighted by molar-refractivity contribution is 6.30. The Morgan fingerprint density at radius 2 is 2.06 bits per heavy atom. The molecule has 1 fully saturated rings. The highest BCUT2D eigenvalue weighted by Gasteiger charge is 2.19. The van der Waals surface area contributed by atoms with Gasteiger partial charge in [0.05, 0.1) is 0 Å². The van der Waals surface area contributed by atoms with Gasteiger partial charge in [-0.3, -0.25) is 0 Å². The summed E-state index contributed by atoms with van der Waals surface area (Å²) in [5.74, 6) is 0. The van der Waals surface area contributed by atoms with Gasteiger partial charge in [-0.1, -0.05) is 42.3 Å². The Bertz CT molecular complexity index is 363. The molecule has 0 aliphatic heterocycles. The van der Waals surface area contributed by atoms with E-state index in [0.29, 0.717) is 0 Å². The van der Waals surface area contributed by atoms with Crippen LogP contribution in [-0.4, -0.2) is 12.6 Å². The van der Waals surface area contributed by atoms with E-state index in [1.165, 1.54) is 24.0 Å². The summed E-state index contributed by atoms with van der Waals surface area (Å²) in [4.78, 5) is 0. The van der Waals surface area contributed by atoms with Crippen molar-refractivity contribution in [3.63, 3.8) is 0 Å². The fourth-order valence-corrected chi connectivity index (χ4v) is 1.76. The number of hydrogen-bond acceptors (Lipinski definition) is 1. The molecule has 1 aromatic carbocycles. The fourth-order valence-electron chi connectivity index (χ4n) is 1.64. The number of hydrogen-bond donors (Lipinski definition) is 1. The molecule has 2 rings (SSSR count). The van der Waals surface area contributed by atoms with Gasteiger partial charge in [-0.2, -0.15) is 0 Å². The zero-order valence-corrected chi connectivity index (χ0v) is 10.4. The van der Waals surface area contributed by atoms with Crippen molar-refractivity contribution in [2.75, 3.05) is 6.54 Å². The standard InChI is InChI=1S/C14H18ClN/c1-2-11(10-16-14-7-8-14)9-12-3-5-13(15)6-4-12/h3-6,9,14,16H,2,7-8,10H2,1H3. The van der Waals surface area contributed by atoms with Gasteiger partial charge in [0, 0.05) is 17.6 Å². The molecule has 0 spiro atoms. The summed E-state index contributed by atoms with van der Waals surface area (Å²) >= 11 is 5.86. The Morgan fingerprint density at radius 3 is 2.62 bits per heavy atom. The average molecular weight is 236 g/mol. The van der Waals surface area contributed by atoms with E-state index < -0.39 is 0 Å². The van der Waals surface area contributed by atoms with Gasteiger partial charge in [0.15, 0.2) is 0 Å². The molecule has 0 heterocycles. The lowest BCUT2D eigenvalue weighted by molar-refractivity contribution is 0.723. The Kier molecular flexibility index (Phi) is 4.03. The molecular weight excluding hydrogens is 218 g/mol. The van der Waals surface area contributed by atoms with Gasteiger partial charge in [0.1, 0.15) is 0 Å². The molecule has 16 heavy (non-hydrogen) atoms. The van der Waals surface area contributed by atoms with Crippen LogP contribution in [0.5, 0.6) is 0 Å². The molecule has 0 unspecified atom stereocenters. The molecule has 2 heteroatoms. The normalized spacial score (nSPS) is 16.5. The first-order chi connectivity index (χ1) is 7.78. The molecule has 1 saturated carbocycles. The molecule has 1 nitrogen and oxygen atoms in total. The third-order valence-electron chi connectivity index (χ3n) is 2.89. The van der Waals surface area contributed by atoms with Crippen LogP contribution in [-0.2, 0) is 0 Å². The van der Waals surface area contributed by atoms with Crippen molar-refractivity contribution in [2.24, 2.45) is 0 Å². The van der Waals surface area contributed by atoms with Crippen molar-refractivity contribution in [1.29, 1.82) is 0 Å². The van der Waals surface area contributed by atoms with Crippen LogP contribution in [0.4, 0.5) is 0 Å². The minimum absolute atomic E-state index is 0.778. The summed E-state index contributed by atoms with van der Waals surface area (Å²) in [5, 5.41) is 4.34. The predicted octanol–water partition coefficient (Wildman–Crippen LogP) is 3.89. The van der Waals surface area contributed by atoms with Gasteiger partial charge in [-0.05, 0) is 37.0 Å². The van der Waals surface area contributed by atoms with Crippen LogP contribution in [0, 0.1) is 0 Å². The summed E-state index contributed by atoms with van der Waals surface area (Å²) in [5.41, 5.74) is 2.69. The van der Waals surface area contributed by atoms with Gasteiger partial charge in [-0.25, -0.2) is 0 Å². The highest BCUT2D eigenvalue weighted by atomic mass is 35.5. The third kappa shape index (κ3) is 3.66. The number of benzene rings is 1. The minimum atomic E-state index is 0.778. The molecule has 0 bridgehead atoms. The van der Waals surface area contributed by atoms with Crippen LogP contribution in [0.25, 0.3) is 6.08 Å². The van der Waals surface area contributed by atoms with Crippen molar-refractivity contribution in [3.8, 4) is 0 Å². The smallest absolute Gasteiger partial charge is 0.0406 e. The van der Waals surface area contributed by atoms with Gasteiger partial charge >= 0.3 is 0 Å². The van der Waals surface area contributed by atoms with Crippen LogP contribution < -0.4 is 5.32 Å². The molecule has 86 valence electrons. The van der Waals surface area contributed by atoms with Crippen molar-refractivity contribution >= 4 is 17.7 Å². The zero-order chi connectivity index (χ0) is 11.4. The van der Waals surface area contributed by atoms with Crippen LogP contribution >= 0.6 is 11.6 Å². The maximum atomic E-state index is 5.86. The van der Waals surface area contributed by atoms with E-state index >= 15 is 0 Å². The molecule has 0 radical (unpaired) electrons. The molecule has 1 aliphatic carbocycles. The van der Waals surface area contributed by atoms with Gasteiger partial charge in [0.2, 0.25) is 0 Å². The van der Waals surface area contributed by atoms with Crippen molar-refractivity contribution in [2.45, 2.75) is 32.2 Å². The minimum Gasteiger partial charge on any atom is -0.310 e. The monoisotopic (exact) mass is 235 g/mol. The predicted molar refractivity (Wildman–Crippen MR) is 70.7 cm³/mol. The quantitative estimate of drug-likeness (QED) is 0.817. The molecular formula is C14H18ClN. The Labute approximate surface area is 103 Å². The van der Waals surface area contributed by atoms with Crippen LogP contribution in [0.3, 0.4) is 0 Å². The zero-order valence-electron chi connectivity index (χ0n) is 9.67. The van der Waals surface area contributed by atoms with Gasteiger partial charge < -0.3 is 5.32 Å². The summed E-state index contributed by atoms with van der Waals surface area (Å²) in [7, 11) is 0. The van der Waals surface area contributed by atoms with Crippen LogP contribution in [0.2, 0.25) is 5.02 Å². The number of nitrogens with one attached hydrogen (secondary N) is 1. The molecule has 0 saturated heterocycles. The largest absolute Gasteiger partial charge is 0.310 e. The molecule has 1 N–H and O–H groups in total. The summed E-state index contributed by atoms with van der Waals surface area (Å²) in [6.45, 7) is 3.22. The van der Waals surface area contributed by atoms with E-state index in [9.17, 15) is 0 Å². The van der Waals surface area contributed by atoms with Crippen molar-refractivity contribution in [3.05, 3.63) is 40.4 Å². The van der Waals surface area contributed by atoms with Crippen LogP contribution in [0.1, 0.15) is 31.7 Å². The molecule has 1 aromatic rings. The first-order valence-electron chi connectivity index (χ1n) is 5.96. The second-order valence-corrected chi connectivity index (χ2v) is 4.80. The van der Waals surface area contributed by atoms with Gasteiger partial charge in [-0.15, -0.1) is 0 Å². The fraction of sp³-hybridized carbons (Fsp3) is 0.429. The highest BCUT2D eigenvalue weighted by Crippen LogP contribution is 2.19. The Balaban J connectivity index is 1.97. The van der Waals surface area contributed by atoms with E-state index in [1.54, 1.807) is 0 Å². The first kappa shape index (κ1) is 11.7. The second-order valence-electron chi connectivity index (χ2n) is 4.36. The van der Waals surface area contributed by atoms with E-state index in [-0.39, 0.29) is 0 Å². The maximum Gasteiger partial charge on any atom is 0.0406 e. The number of rotatable bonds is 5. The van der Waals surface area contributed by atoms with E-state index in [4.69, 9.17) is 11.6 Å². The SMILES string of the molecule is CCC(=Cc1ccc(Cl)cc1)CNC1CC1. The topological polar surface area (TPSA) is 12.0 Å². The average Bonchev–Trinajstić information content (AvgIpc) is 3.11. The van der Waals surface area contributed by atoms with Gasteiger partial charge in [0.25, 0.3) is 0 Å². The van der Waals surface area contributed by atoms with E-state index in [2.05, 4.69) is 30.4 Å². The lowest BCUT2D eigenvalue weighted by Gasteiger charge is -2.06. The lowest BCUT2D eigenvalue weighted by atomic mass is 10.1. The number of halogens is 1. The molecule has 0 amide bonds. The first-order valence-corrected chi connectivity index (χ1v) is 6.34. The van der Waals surface area contributed by atoms with E-state index in [0.717, 1.165) is 24.0 Å². The molecule has 1 aliphatic rings. The summed E-state index contributed by atoms with van der Waals surface area (Å²) in [6.07, 6.45) is 6.05.